The second kappa shape index (κ2) is 6.56. The highest BCUT2D eigenvalue weighted by Crippen LogP contribution is 2.22. The van der Waals surface area contributed by atoms with Crippen LogP contribution in [-0.4, -0.2) is 35.8 Å². The largest absolute Gasteiger partial charge is 0.476 e. The third kappa shape index (κ3) is 3.05. The molecule has 0 bridgehead atoms. The molecule has 7 heteroatoms. The molecule has 0 aliphatic heterocycles. The van der Waals surface area contributed by atoms with Crippen LogP contribution in [-0.2, 0) is 0 Å². The normalized spacial score (nSPS) is 10.6. The van der Waals surface area contributed by atoms with Gasteiger partial charge in [0.25, 0.3) is 0 Å². The molecule has 26 heavy (non-hydrogen) atoms. The van der Waals surface area contributed by atoms with E-state index < -0.39 is 5.97 Å². The van der Waals surface area contributed by atoms with Crippen LogP contribution in [0, 0.1) is 0 Å². The highest BCUT2D eigenvalue weighted by Gasteiger charge is 2.13. The van der Waals surface area contributed by atoms with Gasteiger partial charge in [0.2, 0.25) is 0 Å². The van der Waals surface area contributed by atoms with Crippen LogP contribution in [0.5, 0.6) is 0 Å². The van der Waals surface area contributed by atoms with E-state index in [9.17, 15) is 4.79 Å². The number of rotatable bonds is 4. The molecule has 0 aliphatic carbocycles. The number of benzene rings is 1. The molecule has 0 aliphatic rings. The minimum Gasteiger partial charge on any atom is -0.476 e. The fraction of sp³-hybridized carbons (Fsp3) is 0. The SMILES string of the molecule is O=C(O)c1ccn(-c2cc(-c3ccccn3)nc(-c3ccccc3)n2)n1. The molecule has 3 aromatic heterocycles. The number of aromatic nitrogens is 5. The summed E-state index contributed by atoms with van der Waals surface area (Å²) in [5, 5.41) is 13.1. The van der Waals surface area contributed by atoms with Crippen molar-refractivity contribution < 1.29 is 9.90 Å². The first-order valence-electron chi connectivity index (χ1n) is 7.86. The highest BCUT2D eigenvalue weighted by molar-refractivity contribution is 5.85. The number of aromatic carboxylic acids is 1. The van der Waals surface area contributed by atoms with Gasteiger partial charge in [-0.1, -0.05) is 36.4 Å². The molecule has 0 unspecified atom stereocenters. The summed E-state index contributed by atoms with van der Waals surface area (Å²) in [6.45, 7) is 0. The fourth-order valence-electron chi connectivity index (χ4n) is 2.48. The number of carboxylic acid groups (broad SMARTS) is 1. The lowest BCUT2D eigenvalue weighted by molar-refractivity contribution is 0.0690. The monoisotopic (exact) mass is 343 g/mol. The van der Waals surface area contributed by atoms with Crippen molar-refractivity contribution in [3.8, 4) is 28.6 Å². The van der Waals surface area contributed by atoms with Crippen LogP contribution >= 0.6 is 0 Å². The Labute approximate surface area is 148 Å². The van der Waals surface area contributed by atoms with E-state index in [0.717, 1.165) is 5.56 Å². The van der Waals surface area contributed by atoms with E-state index in [1.54, 1.807) is 18.5 Å². The van der Waals surface area contributed by atoms with Crippen LogP contribution in [0.3, 0.4) is 0 Å². The number of nitrogens with zero attached hydrogens (tertiary/aromatic N) is 5. The zero-order valence-electron chi connectivity index (χ0n) is 13.5. The molecule has 4 aromatic rings. The van der Waals surface area contributed by atoms with E-state index in [0.29, 0.717) is 23.0 Å². The predicted octanol–water partition coefficient (Wildman–Crippen LogP) is 3.09. The molecule has 0 spiro atoms. The lowest BCUT2D eigenvalue weighted by atomic mass is 10.2. The van der Waals surface area contributed by atoms with E-state index >= 15 is 0 Å². The zero-order chi connectivity index (χ0) is 17.9. The molecule has 0 fully saturated rings. The van der Waals surface area contributed by atoms with Crippen molar-refractivity contribution in [2.45, 2.75) is 0 Å². The lowest BCUT2D eigenvalue weighted by Gasteiger charge is -2.08. The van der Waals surface area contributed by atoms with Crippen molar-refractivity contribution in [1.29, 1.82) is 0 Å². The first-order valence-corrected chi connectivity index (χ1v) is 7.86. The Balaban J connectivity index is 1.89. The van der Waals surface area contributed by atoms with Crippen LogP contribution in [0.25, 0.3) is 28.6 Å². The van der Waals surface area contributed by atoms with Crippen molar-refractivity contribution in [3.05, 3.63) is 78.8 Å². The summed E-state index contributed by atoms with van der Waals surface area (Å²) >= 11 is 0. The zero-order valence-corrected chi connectivity index (χ0v) is 13.5. The van der Waals surface area contributed by atoms with Gasteiger partial charge in [-0.3, -0.25) is 4.98 Å². The molecule has 0 radical (unpaired) electrons. The molecule has 1 aromatic carbocycles. The van der Waals surface area contributed by atoms with Gasteiger partial charge in [-0.15, -0.1) is 0 Å². The van der Waals surface area contributed by atoms with Gasteiger partial charge in [-0.2, -0.15) is 5.10 Å². The minimum atomic E-state index is -1.09. The lowest BCUT2D eigenvalue weighted by Crippen LogP contribution is -2.05. The third-order valence-electron chi connectivity index (χ3n) is 3.71. The van der Waals surface area contributed by atoms with Gasteiger partial charge in [0.15, 0.2) is 17.3 Å². The molecule has 3 heterocycles. The summed E-state index contributed by atoms with van der Waals surface area (Å²) in [4.78, 5) is 24.6. The van der Waals surface area contributed by atoms with Gasteiger partial charge in [0.1, 0.15) is 0 Å². The average Bonchev–Trinajstić information content (AvgIpc) is 3.20. The van der Waals surface area contributed by atoms with E-state index in [1.807, 2.05) is 48.5 Å². The van der Waals surface area contributed by atoms with Gasteiger partial charge < -0.3 is 5.11 Å². The molecular weight excluding hydrogens is 330 g/mol. The number of carbonyl (C=O) groups is 1. The summed E-state index contributed by atoms with van der Waals surface area (Å²) in [6, 6.07) is 18.3. The smallest absolute Gasteiger partial charge is 0.356 e. The Kier molecular flexibility index (Phi) is 3.95. The topological polar surface area (TPSA) is 93.8 Å². The Morgan fingerprint density at radius 3 is 2.42 bits per heavy atom. The maximum Gasteiger partial charge on any atom is 0.356 e. The van der Waals surface area contributed by atoms with Crippen LogP contribution < -0.4 is 0 Å². The standard InChI is InChI=1S/C19H13N5O2/c25-19(26)15-9-11-24(23-15)17-12-16(14-8-4-5-10-20-14)21-18(22-17)13-6-2-1-3-7-13/h1-12H,(H,25,26). The summed E-state index contributed by atoms with van der Waals surface area (Å²) in [5.41, 5.74) is 2.11. The van der Waals surface area contributed by atoms with E-state index in [4.69, 9.17) is 5.11 Å². The van der Waals surface area contributed by atoms with Crippen LogP contribution in [0.4, 0.5) is 0 Å². The summed E-state index contributed by atoms with van der Waals surface area (Å²) in [5.74, 6) is -0.117. The fourth-order valence-corrected chi connectivity index (χ4v) is 2.48. The minimum absolute atomic E-state index is 0.0516. The number of hydrogen-bond acceptors (Lipinski definition) is 5. The maximum atomic E-state index is 11.1. The number of pyridine rings is 1. The van der Waals surface area contributed by atoms with Crippen molar-refractivity contribution in [1.82, 2.24) is 24.7 Å². The van der Waals surface area contributed by atoms with Gasteiger partial charge >= 0.3 is 5.97 Å². The molecule has 0 amide bonds. The number of hydrogen-bond donors (Lipinski definition) is 1. The van der Waals surface area contributed by atoms with Crippen molar-refractivity contribution in [3.63, 3.8) is 0 Å². The molecule has 126 valence electrons. The molecule has 7 nitrogen and oxygen atoms in total. The Hall–Kier alpha value is -3.87. The van der Waals surface area contributed by atoms with Crippen molar-refractivity contribution >= 4 is 5.97 Å². The van der Waals surface area contributed by atoms with Crippen LogP contribution in [0.1, 0.15) is 10.5 Å². The second-order valence-corrected chi connectivity index (χ2v) is 5.47. The summed E-state index contributed by atoms with van der Waals surface area (Å²) in [7, 11) is 0. The van der Waals surface area contributed by atoms with Gasteiger partial charge in [-0.05, 0) is 18.2 Å². The van der Waals surface area contributed by atoms with Crippen LogP contribution in [0.2, 0.25) is 0 Å². The van der Waals surface area contributed by atoms with E-state index in [-0.39, 0.29) is 5.69 Å². The quantitative estimate of drug-likeness (QED) is 0.612. The molecule has 0 saturated heterocycles. The third-order valence-corrected chi connectivity index (χ3v) is 3.71. The van der Waals surface area contributed by atoms with Crippen molar-refractivity contribution in [2.75, 3.05) is 0 Å². The Morgan fingerprint density at radius 2 is 1.73 bits per heavy atom. The van der Waals surface area contributed by atoms with Gasteiger partial charge in [0.05, 0.1) is 11.4 Å². The summed E-state index contributed by atoms with van der Waals surface area (Å²) in [6.07, 6.45) is 3.25. The van der Waals surface area contributed by atoms with Crippen molar-refractivity contribution in [2.24, 2.45) is 0 Å². The molecular formula is C19H13N5O2. The molecule has 0 atom stereocenters. The first kappa shape index (κ1) is 15.6. The highest BCUT2D eigenvalue weighted by atomic mass is 16.4. The Morgan fingerprint density at radius 1 is 0.923 bits per heavy atom. The number of carboxylic acids is 1. The second-order valence-electron chi connectivity index (χ2n) is 5.47. The van der Waals surface area contributed by atoms with Gasteiger partial charge in [0, 0.05) is 24.0 Å². The molecule has 0 saturated carbocycles. The molecule has 4 rings (SSSR count). The summed E-state index contributed by atoms with van der Waals surface area (Å²) < 4.78 is 1.42. The van der Waals surface area contributed by atoms with Crippen LogP contribution in [0.15, 0.2) is 73.1 Å². The predicted molar refractivity (Wildman–Crippen MR) is 94.8 cm³/mol. The first-order chi connectivity index (χ1) is 12.7. The van der Waals surface area contributed by atoms with E-state index in [2.05, 4.69) is 20.1 Å². The maximum absolute atomic E-state index is 11.1. The van der Waals surface area contributed by atoms with E-state index in [1.165, 1.54) is 10.7 Å². The molecule has 1 N–H and O–H groups in total. The average molecular weight is 343 g/mol. The Bertz CT molecular complexity index is 1000. The van der Waals surface area contributed by atoms with Gasteiger partial charge in [-0.25, -0.2) is 19.4 Å².